The Bertz CT molecular complexity index is 922. The van der Waals surface area contributed by atoms with Gasteiger partial charge in [0.25, 0.3) is 0 Å². The van der Waals surface area contributed by atoms with E-state index in [2.05, 4.69) is 15.5 Å². The van der Waals surface area contributed by atoms with Crippen LogP contribution < -0.4 is 0 Å². The van der Waals surface area contributed by atoms with Gasteiger partial charge in [0.15, 0.2) is 15.7 Å². The number of tetrazole rings is 1. The van der Waals surface area contributed by atoms with Crippen LogP contribution in [-0.2, 0) is 15.6 Å². The van der Waals surface area contributed by atoms with E-state index in [4.69, 9.17) is 0 Å². The van der Waals surface area contributed by atoms with E-state index < -0.39 is 27.2 Å². The Hall–Kier alpha value is -2.68. The predicted octanol–water partition coefficient (Wildman–Crippen LogP) is 1.91. The van der Waals surface area contributed by atoms with Crippen LogP contribution in [0.15, 0.2) is 53.4 Å². The van der Waals surface area contributed by atoms with E-state index in [9.17, 15) is 17.2 Å². The lowest BCUT2D eigenvalue weighted by atomic mass is 10.3. The first-order valence-corrected chi connectivity index (χ1v) is 8.12. The molecule has 0 aliphatic carbocycles. The third kappa shape index (κ3) is 3.24. The summed E-state index contributed by atoms with van der Waals surface area (Å²) < 4.78 is 51.8. The van der Waals surface area contributed by atoms with Gasteiger partial charge >= 0.3 is 0 Å². The summed E-state index contributed by atoms with van der Waals surface area (Å²) in [5, 5.41) is 10.9. The van der Waals surface area contributed by atoms with Crippen LogP contribution in [0.3, 0.4) is 0 Å². The molecule has 2 aromatic carbocycles. The second-order valence-electron chi connectivity index (χ2n) is 4.70. The molecule has 0 atom stereocenters. The molecule has 0 aliphatic rings. The SMILES string of the molecule is O=S(=O)(Cc1nnnn1-c1ccc(F)cc1)c1ccc(F)cc1. The minimum absolute atomic E-state index is 0.0347. The van der Waals surface area contributed by atoms with Crippen LogP contribution in [0.4, 0.5) is 8.78 Å². The van der Waals surface area contributed by atoms with Gasteiger partial charge in [-0.2, -0.15) is 4.68 Å². The number of nitrogens with zero attached hydrogens (tertiary/aromatic N) is 4. The molecule has 3 aromatic rings. The summed E-state index contributed by atoms with van der Waals surface area (Å²) in [6.07, 6.45) is 0. The van der Waals surface area contributed by atoms with Crippen molar-refractivity contribution in [1.29, 1.82) is 0 Å². The Kier molecular flexibility index (Phi) is 3.87. The molecular formula is C14H10F2N4O2S. The molecule has 0 saturated heterocycles. The minimum atomic E-state index is -3.74. The van der Waals surface area contributed by atoms with Gasteiger partial charge in [0.2, 0.25) is 0 Å². The van der Waals surface area contributed by atoms with E-state index in [1.165, 1.54) is 41.1 Å². The average Bonchev–Trinajstić information content (AvgIpc) is 2.96. The number of hydrogen-bond acceptors (Lipinski definition) is 5. The van der Waals surface area contributed by atoms with E-state index in [1.54, 1.807) is 0 Å². The van der Waals surface area contributed by atoms with Crippen molar-refractivity contribution in [3.05, 3.63) is 66.0 Å². The first-order chi connectivity index (χ1) is 11.0. The van der Waals surface area contributed by atoms with Crippen molar-refractivity contribution in [2.45, 2.75) is 10.6 Å². The fourth-order valence-electron chi connectivity index (χ4n) is 1.97. The van der Waals surface area contributed by atoms with Gasteiger partial charge in [-0.25, -0.2) is 17.2 Å². The maximum absolute atomic E-state index is 13.0. The summed E-state index contributed by atoms with van der Waals surface area (Å²) in [4.78, 5) is -0.0347. The zero-order chi connectivity index (χ0) is 16.4. The monoisotopic (exact) mass is 336 g/mol. The summed E-state index contributed by atoms with van der Waals surface area (Å²) >= 11 is 0. The van der Waals surface area contributed by atoms with Gasteiger partial charge in [-0.3, -0.25) is 0 Å². The van der Waals surface area contributed by atoms with E-state index in [1.807, 2.05) is 0 Å². The summed E-state index contributed by atoms with van der Waals surface area (Å²) in [6.45, 7) is 0. The van der Waals surface area contributed by atoms with E-state index in [-0.39, 0.29) is 10.7 Å². The van der Waals surface area contributed by atoms with Gasteiger partial charge in [0.05, 0.1) is 10.6 Å². The van der Waals surface area contributed by atoms with Crippen molar-refractivity contribution in [1.82, 2.24) is 20.2 Å². The first-order valence-electron chi connectivity index (χ1n) is 6.47. The molecule has 0 radical (unpaired) electrons. The standard InChI is InChI=1S/C14H10F2N4O2S/c15-10-1-5-12(6-2-10)20-14(17-18-19-20)9-23(21,22)13-7-3-11(16)4-8-13/h1-8H,9H2. The molecule has 1 heterocycles. The highest BCUT2D eigenvalue weighted by Crippen LogP contribution is 2.17. The Morgan fingerprint density at radius 3 is 2.09 bits per heavy atom. The van der Waals surface area contributed by atoms with Crippen molar-refractivity contribution in [3.8, 4) is 5.69 Å². The number of rotatable bonds is 4. The number of hydrogen-bond donors (Lipinski definition) is 0. The summed E-state index contributed by atoms with van der Waals surface area (Å²) in [7, 11) is -3.74. The van der Waals surface area contributed by atoms with Crippen molar-refractivity contribution in [2.24, 2.45) is 0 Å². The molecule has 0 N–H and O–H groups in total. The number of sulfone groups is 1. The normalized spacial score (nSPS) is 11.6. The van der Waals surface area contributed by atoms with Crippen LogP contribution in [0.5, 0.6) is 0 Å². The molecule has 0 bridgehead atoms. The van der Waals surface area contributed by atoms with Crippen LogP contribution in [0, 0.1) is 11.6 Å². The fourth-order valence-corrected chi connectivity index (χ4v) is 3.21. The number of benzene rings is 2. The fraction of sp³-hybridized carbons (Fsp3) is 0.0714. The molecule has 118 valence electrons. The summed E-state index contributed by atoms with van der Waals surface area (Å²) in [6, 6.07) is 9.78. The van der Waals surface area contributed by atoms with Crippen LogP contribution in [0.25, 0.3) is 5.69 Å². The van der Waals surface area contributed by atoms with E-state index >= 15 is 0 Å². The maximum atomic E-state index is 13.0. The van der Waals surface area contributed by atoms with Gasteiger partial charge in [-0.15, -0.1) is 5.10 Å². The Balaban J connectivity index is 1.93. The highest BCUT2D eigenvalue weighted by atomic mass is 32.2. The molecule has 1 aromatic heterocycles. The zero-order valence-electron chi connectivity index (χ0n) is 11.6. The van der Waals surface area contributed by atoms with Gasteiger partial charge in [-0.05, 0) is 59.0 Å². The molecule has 0 spiro atoms. The highest BCUT2D eigenvalue weighted by Gasteiger charge is 2.20. The molecule has 0 aliphatic heterocycles. The van der Waals surface area contributed by atoms with Crippen LogP contribution in [0.1, 0.15) is 5.82 Å². The molecule has 0 fully saturated rings. The summed E-state index contributed by atoms with van der Waals surface area (Å²) in [5.74, 6) is -1.36. The van der Waals surface area contributed by atoms with Crippen LogP contribution in [-0.4, -0.2) is 28.6 Å². The molecule has 0 unspecified atom stereocenters. The topological polar surface area (TPSA) is 77.7 Å². The minimum Gasteiger partial charge on any atom is -0.223 e. The van der Waals surface area contributed by atoms with Crippen LogP contribution in [0.2, 0.25) is 0 Å². The number of aromatic nitrogens is 4. The summed E-state index contributed by atoms with van der Waals surface area (Å²) in [5.41, 5.74) is 0.431. The molecule has 23 heavy (non-hydrogen) atoms. The van der Waals surface area contributed by atoms with Gasteiger partial charge in [0, 0.05) is 0 Å². The Morgan fingerprint density at radius 1 is 0.913 bits per heavy atom. The second kappa shape index (κ2) is 5.84. The molecular weight excluding hydrogens is 326 g/mol. The predicted molar refractivity (Wildman–Crippen MR) is 76.4 cm³/mol. The maximum Gasteiger partial charge on any atom is 0.185 e. The van der Waals surface area contributed by atoms with Gasteiger partial charge in [0.1, 0.15) is 17.4 Å². The second-order valence-corrected chi connectivity index (χ2v) is 6.69. The largest absolute Gasteiger partial charge is 0.223 e. The Morgan fingerprint density at radius 2 is 1.48 bits per heavy atom. The lowest BCUT2D eigenvalue weighted by Crippen LogP contribution is -2.11. The Labute approximate surface area is 130 Å². The third-order valence-electron chi connectivity index (χ3n) is 3.10. The van der Waals surface area contributed by atoms with E-state index in [0.717, 1.165) is 12.1 Å². The smallest absolute Gasteiger partial charge is 0.185 e. The first kappa shape index (κ1) is 15.2. The van der Waals surface area contributed by atoms with Crippen molar-refractivity contribution in [2.75, 3.05) is 0 Å². The number of halogens is 2. The van der Waals surface area contributed by atoms with Crippen LogP contribution >= 0.6 is 0 Å². The molecule has 0 saturated carbocycles. The van der Waals surface area contributed by atoms with E-state index in [0.29, 0.717) is 5.69 Å². The lowest BCUT2D eigenvalue weighted by molar-refractivity contribution is 0.591. The van der Waals surface area contributed by atoms with Crippen molar-refractivity contribution in [3.63, 3.8) is 0 Å². The molecule has 0 amide bonds. The van der Waals surface area contributed by atoms with Crippen molar-refractivity contribution >= 4 is 9.84 Å². The van der Waals surface area contributed by atoms with Gasteiger partial charge < -0.3 is 0 Å². The third-order valence-corrected chi connectivity index (χ3v) is 4.73. The highest BCUT2D eigenvalue weighted by molar-refractivity contribution is 7.90. The lowest BCUT2D eigenvalue weighted by Gasteiger charge is -2.06. The molecule has 9 heteroatoms. The molecule has 3 rings (SSSR count). The average molecular weight is 336 g/mol. The molecule has 6 nitrogen and oxygen atoms in total. The van der Waals surface area contributed by atoms with Crippen molar-refractivity contribution < 1.29 is 17.2 Å². The quantitative estimate of drug-likeness (QED) is 0.680. The zero-order valence-corrected chi connectivity index (χ0v) is 12.4. The van der Waals surface area contributed by atoms with Gasteiger partial charge in [-0.1, -0.05) is 0 Å².